The highest BCUT2D eigenvalue weighted by Gasteiger charge is 2.35. The highest BCUT2D eigenvalue weighted by atomic mass is 32.1. The second kappa shape index (κ2) is 6.03. The van der Waals surface area contributed by atoms with Crippen LogP contribution < -0.4 is 0 Å². The highest BCUT2D eigenvalue weighted by molar-refractivity contribution is 7.81. The van der Waals surface area contributed by atoms with Crippen molar-refractivity contribution in [2.45, 2.75) is 44.3 Å². The van der Waals surface area contributed by atoms with Crippen LogP contribution in [0.3, 0.4) is 0 Å². The molecule has 0 N–H and O–H groups in total. The smallest absolute Gasteiger partial charge is 0.242 e. The van der Waals surface area contributed by atoms with Gasteiger partial charge in [-0.05, 0) is 19.8 Å². The fourth-order valence-corrected chi connectivity index (χ4v) is 2.02. The van der Waals surface area contributed by atoms with E-state index in [1.165, 1.54) is 4.90 Å². The zero-order valence-electron chi connectivity index (χ0n) is 9.44. The first-order valence-electron chi connectivity index (χ1n) is 5.54. The number of nitrogens with zero attached hydrogens (tertiary/aromatic N) is 1. The zero-order chi connectivity index (χ0) is 12.1. The van der Waals surface area contributed by atoms with Crippen molar-refractivity contribution in [1.82, 2.24) is 4.90 Å². The predicted molar refractivity (Wildman–Crippen MR) is 63.3 cm³/mol. The topological polar surface area (TPSA) is 54.5 Å². The summed E-state index contributed by atoms with van der Waals surface area (Å²) in [4.78, 5) is 34.8. The number of Topliss-reactive ketones (excluding diaryl/α,β-unsaturated/α-hetero) is 1. The van der Waals surface area contributed by atoms with Crippen LogP contribution in [0.4, 0.5) is 0 Å². The number of ketones is 1. The molecular formula is C11H17NO3S. The molecule has 0 bridgehead atoms. The van der Waals surface area contributed by atoms with Crippen molar-refractivity contribution < 1.29 is 14.4 Å². The minimum atomic E-state index is -0.454. The van der Waals surface area contributed by atoms with Crippen molar-refractivity contribution >= 4 is 30.2 Å². The molecule has 0 aromatic heterocycles. The van der Waals surface area contributed by atoms with Gasteiger partial charge < -0.3 is 4.79 Å². The lowest BCUT2D eigenvalue weighted by Gasteiger charge is -2.13. The van der Waals surface area contributed by atoms with Gasteiger partial charge >= 0.3 is 0 Å². The number of hydrogen-bond donors (Lipinski definition) is 1. The number of carbonyl (C=O) groups is 3. The van der Waals surface area contributed by atoms with Crippen LogP contribution in [0.1, 0.15) is 39.0 Å². The van der Waals surface area contributed by atoms with E-state index in [9.17, 15) is 14.4 Å². The summed E-state index contributed by atoms with van der Waals surface area (Å²) in [7, 11) is 0. The normalized spacial score (nSPS) is 20.6. The standard InChI is InChI=1S/C11H17NO3S/c1-8(13)5-3-2-4-6-12-10(14)7-9(16)11(12)15/h9,16H,2-7H2,1H3. The Morgan fingerprint density at radius 2 is 2.06 bits per heavy atom. The second-order valence-electron chi connectivity index (χ2n) is 4.12. The minimum absolute atomic E-state index is 0.128. The Morgan fingerprint density at radius 1 is 1.38 bits per heavy atom. The van der Waals surface area contributed by atoms with Gasteiger partial charge in [-0.3, -0.25) is 14.5 Å². The lowest BCUT2D eigenvalue weighted by Crippen LogP contribution is -2.31. The third kappa shape index (κ3) is 3.63. The molecule has 1 rings (SSSR count). The fourth-order valence-electron chi connectivity index (χ4n) is 1.72. The van der Waals surface area contributed by atoms with Crippen molar-refractivity contribution in [3.05, 3.63) is 0 Å². The molecule has 1 unspecified atom stereocenters. The number of rotatable bonds is 6. The summed E-state index contributed by atoms with van der Waals surface area (Å²) in [6.45, 7) is 2.03. The molecule has 0 aliphatic carbocycles. The summed E-state index contributed by atoms with van der Waals surface area (Å²) in [5, 5.41) is -0.454. The zero-order valence-corrected chi connectivity index (χ0v) is 10.3. The number of likely N-dealkylation sites (tertiary alicyclic amines) is 1. The van der Waals surface area contributed by atoms with E-state index in [0.29, 0.717) is 13.0 Å². The number of amides is 2. The van der Waals surface area contributed by atoms with Crippen molar-refractivity contribution in [3.8, 4) is 0 Å². The van der Waals surface area contributed by atoms with Crippen LogP contribution in [0.25, 0.3) is 0 Å². The molecule has 0 saturated carbocycles. The monoisotopic (exact) mass is 243 g/mol. The Morgan fingerprint density at radius 3 is 2.56 bits per heavy atom. The Labute approximate surface area is 101 Å². The lowest BCUT2D eigenvalue weighted by molar-refractivity contribution is -0.138. The summed E-state index contributed by atoms with van der Waals surface area (Å²) in [5.74, 6) is -0.125. The third-order valence-electron chi connectivity index (χ3n) is 2.63. The average Bonchev–Trinajstić information content (AvgIpc) is 2.43. The van der Waals surface area contributed by atoms with E-state index in [4.69, 9.17) is 0 Å². The Hall–Kier alpha value is -0.840. The maximum absolute atomic E-state index is 11.5. The van der Waals surface area contributed by atoms with E-state index in [1.807, 2.05) is 0 Å². The van der Waals surface area contributed by atoms with E-state index in [1.54, 1.807) is 6.92 Å². The van der Waals surface area contributed by atoms with Gasteiger partial charge in [0, 0.05) is 19.4 Å². The van der Waals surface area contributed by atoms with E-state index in [2.05, 4.69) is 12.6 Å². The largest absolute Gasteiger partial charge is 0.300 e. The van der Waals surface area contributed by atoms with Gasteiger partial charge in [0.2, 0.25) is 11.8 Å². The van der Waals surface area contributed by atoms with Gasteiger partial charge in [-0.25, -0.2) is 0 Å². The first-order valence-corrected chi connectivity index (χ1v) is 6.05. The highest BCUT2D eigenvalue weighted by Crippen LogP contribution is 2.18. The molecule has 1 aliphatic heterocycles. The van der Waals surface area contributed by atoms with Gasteiger partial charge in [0.25, 0.3) is 0 Å². The summed E-state index contributed by atoms with van der Waals surface area (Å²) in [5.41, 5.74) is 0. The van der Waals surface area contributed by atoms with E-state index in [-0.39, 0.29) is 24.0 Å². The molecule has 1 atom stereocenters. The predicted octanol–water partition coefficient (Wildman–Crippen LogP) is 1.19. The molecule has 5 heteroatoms. The molecule has 0 spiro atoms. The molecule has 90 valence electrons. The fraction of sp³-hybridized carbons (Fsp3) is 0.727. The number of imide groups is 1. The summed E-state index contributed by atoms with van der Waals surface area (Å²) in [6.07, 6.45) is 3.27. The number of carbonyl (C=O) groups excluding carboxylic acids is 3. The van der Waals surface area contributed by atoms with Crippen LogP contribution in [-0.2, 0) is 14.4 Å². The van der Waals surface area contributed by atoms with E-state index >= 15 is 0 Å². The van der Waals surface area contributed by atoms with Crippen molar-refractivity contribution in [2.75, 3.05) is 6.54 Å². The van der Waals surface area contributed by atoms with Gasteiger partial charge in [-0.1, -0.05) is 6.42 Å². The Balaban J connectivity index is 2.20. The molecule has 0 aromatic rings. The maximum Gasteiger partial charge on any atom is 0.242 e. The molecule has 4 nitrogen and oxygen atoms in total. The lowest BCUT2D eigenvalue weighted by atomic mass is 10.1. The quantitative estimate of drug-likeness (QED) is 0.433. The summed E-state index contributed by atoms with van der Waals surface area (Å²) in [6, 6.07) is 0. The van der Waals surface area contributed by atoms with Crippen LogP contribution in [0.2, 0.25) is 0 Å². The van der Waals surface area contributed by atoms with Gasteiger partial charge in [0.05, 0.1) is 5.25 Å². The first-order chi connectivity index (χ1) is 7.52. The Bertz CT molecular complexity index is 304. The van der Waals surface area contributed by atoms with E-state index < -0.39 is 5.25 Å². The van der Waals surface area contributed by atoms with Crippen LogP contribution in [0.15, 0.2) is 0 Å². The number of hydrogen-bond acceptors (Lipinski definition) is 4. The van der Waals surface area contributed by atoms with Crippen LogP contribution in [0.5, 0.6) is 0 Å². The van der Waals surface area contributed by atoms with Gasteiger partial charge in [0.15, 0.2) is 0 Å². The van der Waals surface area contributed by atoms with Crippen molar-refractivity contribution in [1.29, 1.82) is 0 Å². The Kier molecular flexibility index (Phi) is 4.99. The van der Waals surface area contributed by atoms with Crippen LogP contribution >= 0.6 is 12.6 Å². The minimum Gasteiger partial charge on any atom is -0.300 e. The van der Waals surface area contributed by atoms with Crippen molar-refractivity contribution in [3.63, 3.8) is 0 Å². The molecule has 1 saturated heterocycles. The molecule has 16 heavy (non-hydrogen) atoms. The van der Waals surface area contributed by atoms with Gasteiger partial charge in [0.1, 0.15) is 5.78 Å². The van der Waals surface area contributed by atoms with Crippen LogP contribution in [-0.4, -0.2) is 34.3 Å². The summed E-state index contributed by atoms with van der Waals surface area (Å²) < 4.78 is 0. The third-order valence-corrected chi connectivity index (χ3v) is 3.03. The van der Waals surface area contributed by atoms with E-state index in [0.717, 1.165) is 19.3 Å². The van der Waals surface area contributed by atoms with Crippen LogP contribution in [0, 0.1) is 0 Å². The van der Waals surface area contributed by atoms with Crippen molar-refractivity contribution in [2.24, 2.45) is 0 Å². The SMILES string of the molecule is CC(=O)CCCCCN1C(=O)CC(S)C1=O. The maximum atomic E-state index is 11.5. The molecule has 1 aliphatic rings. The first kappa shape index (κ1) is 13.2. The molecule has 2 amide bonds. The number of unbranched alkanes of at least 4 members (excludes halogenated alkanes) is 2. The number of thiol groups is 1. The summed E-state index contributed by atoms with van der Waals surface area (Å²) >= 11 is 4.04. The molecule has 0 radical (unpaired) electrons. The molecular weight excluding hydrogens is 226 g/mol. The average molecular weight is 243 g/mol. The van der Waals surface area contributed by atoms with Gasteiger partial charge in [-0.15, -0.1) is 0 Å². The molecule has 0 aromatic carbocycles. The molecule has 1 heterocycles. The molecule has 1 fully saturated rings. The van der Waals surface area contributed by atoms with Gasteiger partial charge in [-0.2, -0.15) is 12.6 Å². The second-order valence-corrected chi connectivity index (χ2v) is 4.74.